The van der Waals surface area contributed by atoms with Crippen LogP contribution in [0.3, 0.4) is 0 Å². The van der Waals surface area contributed by atoms with Crippen LogP contribution >= 0.6 is 0 Å². The van der Waals surface area contributed by atoms with Crippen molar-refractivity contribution in [1.29, 1.82) is 0 Å². The van der Waals surface area contributed by atoms with Crippen LogP contribution in [0, 0.1) is 0 Å². The molecule has 1 saturated heterocycles. The quantitative estimate of drug-likeness (QED) is 0.0897. The highest BCUT2D eigenvalue weighted by Gasteiger charge is 2.53. The van der Waals surface area contributed by atoms with Crippen molar-refractivity contribution in [3.8, 4) is 17.2 Å². The Kier molecular flexibility index (Phi) is 15.5. The summed E-state index contributed by atoms with van der Waals surface area (Å²) >= 11 is 0. The van der Waals surface area contributed by atoms with Gasteiger partial charge in [-0.25, -0.2) is 4.79 Å². The normalized spacial score (nSPS) is 20.0. The van der Waals surface area contributed by atoms with E-state index >= 15 is 0 Å². The number of hydrogen-bond acceptors (Lipinski definition) is 15. The van der Waals surface area contributed by atoms with Crippen molar-refractivity contribution in [2.75, 3.05) is 13.2 Å². The zero-order valence-electron chi connectivity index (χ0n) is 29.3. The molecular formula is C35H46O15. The largest absolute Gasteiger partial charge is 0.493 e. The maximum absolute atomic E-state index is 13.2. The van der Waals surface area contributed by atoms with Gasteiger partial charge in [0.15, 0.2) is 18.0 Å². The van der Waals surface area contributed by atoms with Crippen molar-refractivity contribution < 1.29 is 66.3 Å². The fraction of sp³-hybridized carbons (Fsp3) is 0.600. The Morgan fingerprint density at radius 3 is 1.90 bits per heavy atom. The molecule has 15 heteroatoms. The highest BCUT2D eigenvalue weighted by atomic mass is 16.7. The van der Waals surface area contributed by atoms with Gasteiger partial charge in [-0.3, -0.25) is 24.0 Å². The first-order valence-electron chi connectivity index (χ1n) is 16.7. The Bertz CT molecular complexity index is 1550. The second-order valence-corrected chi connectivity index (χ2v) is 11.8. The van der Waals surface area contributed by atoms with Crippen molar-refractivity contribution in [2.24, 2.45) is 0 Å². The van der Waals surface area contributed by atoms with Crippen LogP contribution in [0.5, 0.6) is 17.2 Å². The highest BCUT2D eigenvalue weighted by Crippen LogP contribution is 2.38. The molecule has 2 aromatic rings. The smallest absolute Gasteiger partial charge is 0.383 e. The maximum atomic E-state index is 13.2. The Balaban J connectivity index is 1.99. The van der Waals surface area contributed by atoms with E-state index in [9.17, 15) is 28.8 Å². The Morgan fingerprint density at radius 2 is 1.30 bits per heavy atom. The van der Waals surface area contributed by atoms with Crippen LogP contribution in [0.2, 0.25) is 0 Å². The lowest BCUT2D eigenvalue weighted by Crippen LogP contribution is -2.63. The standard InChI is InChI=1S/C35H46O15/c1-7-8-9-10-11-12-13-14-17-42-25-15-16-26-27(18-25)48-34(41)32(46-23(5)39)29(26)50-35-33(47-24(6)40)31(45-22(4)38)30(44-21(3)37)28(49-35)19-43-20(2)36/h15-16,18,28,30-31,33,35H,7-14,17,19H2,1-6H3/t28-,30-,31+,33-,35+/m1/s1. The molecule has 0 amide bonds. The fourth-order valence-electron chi connectivity index (χ4n) is 5.40. The first-order valence-corrected chi connectivity index (χ1v) is 16.7. The van der Waals surface area contributed by atoms with Crippen molar-refractivity contribution in [3.63, 3.8) is 0 Å². The van der Waals surface area contributed by atoms with E-state index < -0.39 is 78.5 Å². The fourth-order valence-corrected chi connectivity index (χ4v) is 5.40. The van der Waals surface area contributed by atoms with Crippen LogP contribution in [0.1, 0.15) is 92.9 Å². The summed E-state index contributed by atoms with van der Waals surface area (Å²) < 4.78 is 50.1. The summed E-state index contributed by atoms with van der Waals surface area (Å²) in [4.78, 5) is 73.5. The molecule has 0 unspecified atom stereocenters. The van der Waals surface area contributed by atoms with Gasteiger partial charge in [-0.2, -0.15) is 0 Å². The first-order chi connectivity index (χ1) is 23.8. The minimum atomic E-state index is -1.71. The molecule has 3 rings (SSSR count). The Labute approximate surface area is 289 Å². The van der Waals surface area contributed by atoms with Crippen LogP contribution in [0.25, 0.3) is 11.0 Å². The van der Waals surface area contributed by atoms with Gasteiger partial charge >= 0.3 is 35.5 Å². The molecule has 1 aliphatic heterocycles. The molecule has 0 bridgehead atoms. The average molecular weight is 707 g/mol. The molecule has 50 heavy (non-hydrogen) atoms. The molecule has 1 fully saturated rings. The number of hydrogen-bond donors (Lipinski definition) is 0. The summed E-state index contributed by atoms with van der Waals surface area (Å²) in [5.41, 5.74) is -1.09. The zero-order chi connectivity index (χ0) is 36.8. The molecule has 5 atom stereocenters. The second-order valence-electron chi connectivity index (χ2n) is 11.8. The lowest BCUT2D eigenvalue weighted by Gasteiger charge is -2.44. The molecule has 0 radical (unpaired) electrons. The van der Waals surface area contributed by atoms with Crippen molar-refractivity contribution in [2.45, 2.75) is 124 Å². The molecule has 276 valence electrons. The lowest BCUT2D eigenvalue weighted by molar-refractivity contribution is -0.288. The minimum absolute atomic E-state index is 0.0000366. The molecule has 1 aromatic carbocycles. The van der Waals surface area contributed by atoms with Gasteiger partial charge in [0.05, 0.1) is 12.0 Å². The molecule has 1 aliphatic rings. The monoisotopic (exact) mass is 706 g/mol. The van der Waals surface area contributed by atoms with E-state index in [1.54, 1.807) is 6.07 Å². The third-order valence-electron chi connectivity index (χ3n) is 7.49. The van der Waals surface area contributed by atoms with Crippen molar-refractivity contribution >= 4 is 40.8 Å². The molecule has 15 nitrogen and oxygen atoms in total. The van der Waals surface area contributed by atoms with Gasteiger partial charge in [0.25, 0.3) is 5.75 Å². The summed E-state index contributed by atoms with van der Waals surface area (Å²) in [6, 6.07) is 4.58. The van der Waals surface area contributed by atoms with Crippen LogP contribution in [0.15, 0.2) is 27.4 Å². The zero-order valence-corrected chi connectivity index (χ0v) is 29.3. The molecular weight excluding hydrogens is 660 g/mol. The Morgan fingerprint density at radius 1 is 0.700 bits per heavy atom. The third kappa shape index (κ3) is 12.0. The van der Waals surface area contributed by atoms with Crippen LogP contribution in [-0.4, -0.2) is 73.8 Å². The number of benzene rings is 1. The number of fused-ring (bicyclic) bond motifs is 1. The van der Waals surface area contributed by atoms with E-state index in [-0.39, 0.29) is 16.7 Å². The van der Waals surface area contributed by atoms with Crippen LogP contribution in [-0.2, 0) is 47.7 Å². The van der Waals surface area contributed by atoms with Gasteiger partial charge in [0.2, 0.25) is 12.4 Å². The van der Waals surface area contributed by atoms with Gasteiger partial charge in [-0.05, 0) is 18.6 Å². The average Bonchev–Trinajstić information content (AvgIpc) is 3.02. The summed E-state index contributed by atoms with van der Waals surface area (Å²) in [5, 5.41) is 0.133. The number of rotatable bonds is 18. The highest BCUT2D eigenvalue weighted by molar-refractivity contribution is 5.87. The molecule has 0 N–H and O–H groups in total. The van der Waals surface area contributed by atoms with Crippen LogP contribution in [0.4, 0.5) is 0 Å². The maximum Gasteiger partial charge on any atom is 0.383 e. The molecule has 2 heterocycles. The molecule has 0 aliphatic carbocycles. The summed E-state index contributed by atoms with van der Waals surface area (Å²) in [6.07, 6.45) is 1.40. The van der Waals surface area contributed by atoms with Crippen LogP contribution < -0.4 is 19.8 Å². The SMILES string of the molecule is CCCCCCCCCCOc1ccc2c(O[C@@H]3O[C@H](COC(C)=O)[C@@H](OC(C)=O)[C@H](OC(C)=O)[C@H]3OC(C)=O)c(OC(C)=O)c(=O)oc2c1. The first kappa shape index (κ1) is 39.8. The van der Waals surface area contributed by atoms with Gasteiger partial charge in [-0.15, -0.1) is 0 Å². The molecule has 0 saturated carbocycles. The minimum Gasteiger partial charge on any atom is -0.493 e. The number of esters is 5. The predicted octanol–water partition coefficient (Wildman–Crippen LogP) is 4.70. The number of carbonyl (C=O) groups excluding carboxylic acids is 5. The predicted molar refractivity (Wildman–Crippen MR) is 174 cm³/mol. The van der Waals surface area contributed by atoms with Gasteiger partial charge < -0.3 is 42.3 Å². The second kappa shape index (κ2) is 19.5. The van der Waals surface area contributed by atoms with Gasteiger partial charge in [-0.1, -0.05) is 51.9 Å². The van der Waals surface area contributed by atoms with E-state index in [1.165, 1.54) is 44.2 Å². The molecule has 0 spiro atoms. The molecule has 1 aromatic heterocycles. The Hall–Kier alpha value is -4.66. The van der Waals surface area contributed by atoms with Gasteiger partial charge in [0, 0.05) is 40.7 Å². The number of carbonyl (C=O) groups is 5. The van der Waals surface area contributed by atoms with E-state index in [2.05, 4.69) is 6.92 Å². The van der Waals surface area contributed by atoms with E-state index in [0.29, 0.717) is 12.4 Å². The number of unbranched alkanes of at least 4 members (excludes halogenated alkanes) is 7. The van der Waals surface area contributed by atoms with E-state index in [1.807, 2.05) is 0 Å². The summed E-state index contributed by atoms with van der Waals surface area (Å²) in [5.74, 6) is -4.69. The number of ether oxygens (including phenoxy) is 8. The van der Waals surface area contributed by atoms with E-state index in [4.69, 9.17) is 42.3 Å². The third-order valence-corrected chi connectivity index (χ3v) is 7.49. The van der Waals surface area contributed by atoms with Crippen molar-refractivity contribution in [3.05, 3.63) is 28.6 Å². The summed E-state index contributed by atoms with van der Waals surface area (Å²) in [7, 11) is 0. The van der Waals surface area contributed by atoms with Crippen molar-refractivity contribution in [1.82, 2.24) is 0 Å². The summed E-state index contributed by atoms with van der Waals surface area (Å²) in [6.45, 7) is 7.54. The van der Waals surface area contributed by atoms with E-state index in [0.717, 1.165) is 53.9 Å². The topological polar surface area (TPSA) is 189 Å². The lowest BCUT2D eigenvalue weighted by atomic mass is 9.98. The van der Waals surface area contributed by atoms with Gasteiger partial charge in [0.1, 0.15) is 24.0 Å².